The summed E-state index contributed by atoms with van der Waals surface area (Å²) in [6.07, 6.45) is 1.53. The predicted octanol–water partition coefficient (Wildman–Crippen LogP) is 1.83. The Morgan fingerprint density at radius 2 is 2.00 bits per heavy atom. The van der Waals surface area contributed by atoms with E-state index in [1.807, 2.05) is 24.3 Å². The molecule has 7 heteroatoms. The lowest BCUT2D eigenvalue weighted by atomic mass is 10.1. The van der Waals surface area contributed by atoms with Gasteiger partial charge in [-0.15, -0.1) is 0 Å². The zero-order chi connectivity index (χ0) is 17.6. The van der Waals surface area contributed by atoms with Crippen molar-refractivity contribution in [1.29, 1.82) is 0 Å². The lowest BCUT2D eigenvalue weighted by molar-refractivity contribution is -0.122. The third-order valence-electron chi connectivity index (χ3n) is 3.59. The molecule has 0 fully saturated rings. The minimum Gasteiger partial charge on any atom is -0.497 e. The van der Waals surface area contributed by atoms with Gasteiger partial charge in [-0.25, -0.2) is 4.68 Å². The first-order valence-electron chi connectivity index (χ1n) is 7.67. The van der Waals surface area contributed by atoms with Crippen LogP contribution in [0.4, 0.5) is 0 Å². The van der Waals surface area contributed by atoms with Gasteiger partial charge in [-0.05, 0) is 42.5 Å². The highest BCUT2D eigenvalue weighted by Gasteiger charge is 2.09. The fraction of sp³-hybridized carbons (Fsp3) is 0.167. The van der Waals surface area contributed by atoms with E-state index in [9.17, 15) is 9.59 Å². The minimum atomic E-state index is -0.342. The smallest absolute Gasteiger partial charge is 0.267 e. The van der Waals surface area contributed by atoms with E-state index in [-0.39, 0.29) is 24.6 Å². The lowest BCUT2D eigenvalue weighted by Crippen LogP contribution is -2.33. The highest BCUT2D eigenvalue weighted by atomic mass is 16.5. The summed E-state index contributed by atoms with van der Waals surface area (Å²) in [6.45, 7) is 0.0995. The van der Waals surface area contributed by atoms with Gasteiger partial charge >= 0.3 is 0 Å². The Hall–Kier alpha value is -3.35. The normalized spacial score (nSPS) is 10.4. The average Bonchev–Trinajstić information content (AvgIpc) is 3.15. The molecular formula is C18H17N3O4. The molecule has 0 saturated heterocycles. The van der Waals surface area contributed by atoms with Crippen LogP contribution in [0.15, 0.2) is 64.0 Å². The highest BCUT2D eigenvalue weighted by molar-refractivity contribution is 5.75. The molecule has 128 valence electrons. The fourth-order valence-corrected chi connectivity index (χ4v) is 2.27. The summed E-state index contributed by atoms with van der Waals surface area (Å²) in [7, 11) is 1.59. The summed E-state index contributed by atoms with van der Waals surface area (Å²) in [5.74, 6) is 1.05. The molecule has 2 heterocycles. The molecule has 0 aliphatic heterocycles. The maximum atomic E-state index is 12.0. The molecule has 1 aromatic carbocycles. The van der Waals surface area contributed by atoms with E-state index >= 15 is 0 Å². The summed E-state index contributed by atoms with van der Waals surface area (Å²) in [5, 5.41) is 6.95. The number of hydrogen-bond donors (Lipinski definition) is 1. The van der Waals surface area contributed by atoms with Crippen LogP contribution in [0.2, 0.25) is 0 Å². The largest absolute Gasteiger partial charge is 0.497 e. The van der Waals surface area contributed by atoms with Crippen molar-refractivity contribution in [3.8, 4) is 17.0 Å². The highest BCUT2D eigenvalue weighted by Crippen LogP contribution is 2.19. The van der Waals surface area contributed by atoms with Gasteiger partial charge in [-0.1, -0.05) is 0 Å². The van der Waals surface area contributed by atoms with Crippen molar-refractivity contribution in [1.82, 2.24) is 15.1 Å². The number of ether oxygens (including phenoxy) is 1. The van der Waals surface area contributed by atoms with Gasteiger partial charge in [0.05, 0.1) is 25.6 Å². The van der Waals surface area contributed by atoms with Crippen molar-refractivity contribution in [2.24, 2.45) is 0 Å². The maximum Gasteiger partial charge on any atom is 0.267 e. The Labute approximate surface area is 143 Å². The first kappa shape index (κ1) is 16.5. The van der Waals surface area contributed by atoms with Crippen LogP contribution >= 0.6 is 0 Å². The molecular weight excluding hydrogens is 322 g/mol. The van der Waals surface area contributed by atoms with Crippen LogP contribution in [0.5, 0.6) is 5.75 Å². The molecule has 0 aliphatic rings. The van der Waals surface area contributed by atoms with Crippen molar-refractivity contribution in [3.05, 3.63) is 70.9 Å². The maximum absolute atomic E-state index is 12.0. The molecule has 0 saturated carbocycles. The van der Waals surface area contributed by atoms with Crippen molar-refractivity contribution in [2.75, 3.05) is 7.11 Å². The molecule has 0 bridgehead atoms. The number of benzene rings is 1. The zero-order valence-corrected chi connectivity index (χ0v) is 13.6. The molecule has 2 aromatic heterocycles. The minimum absolute atomic E-state index is 0.163. The number of aromatic nitrogens is 2. The van der Waals surface area contributed by atoms with Gasteiger partial charge in [0.2, 0.25) is 5.91 Å². The fourth-order valence-electron chi connectivity index (χ4n) is 2.27. The molecule has 1 amide bonds. The first-order valence-corrected chi connectivity index (χ1v) is 7.67. The van der Waals surface area contributed by atoms with Gasteiger partial charge < -0.3 is 14.5 Å². The molecule has 0 unspecified atom stereocenters. The van der Waals surface area contributed by atoms with Gasteiger partial charge in [0.15, 0.2) is 0 Å². The van der Waals surface area contributed by atoms with E-state index < -0.39 is 0 Å². The summed E-state index contributed by atoms with van der Waals surface area (Å²) in [4.78, 5) is 24.0. The number of methoxy groups -OCH3 is 1. The quantitative estimate of drug-likeness (QED) is 0.740. The number of rotatable bonds is 6. The topological polar surface area (TPSA) is 86.4 Å². The lowest BCUT2D eigenvalue weighted by Gasteiger charge is -2.08. The number of nitrogens with zero attached hydrogens (tertiary/aromatic N) is 2. The molecule has 0 spiro atoms. The molecule has 3 rings (SSSR count). The van der Waals surface area contributed by atoms with E-state index in [2.05, 4.69) is 10.4 Å². The van der Waals surface area contributed by atoms with Crippen molar-refractivity contribution < 1.29 is 13.9 Å². The number of hydrogen-bond acceptors (Lipinski definition) is 5. The third-order valence-corrected chi connectivity index (χ3v) is 3.59. The van der Waals surface area contributed by atoms with E-state index in [4.69, 9.17) is 9.15 Å². The van der Waals surface area contributed by atoms with Crippen LogP contribution in [0.3, 0.4) is 0 Å². The predicted molar refractivity (Wildman–Crippen MR) is 91.0 cm³/mol. The number of furan rings is 1. The van der Waals surface area contributed by atoms with Gasteiger partial charge in [0.1, 0.15) is 18.1 Å². The Morgan fingerprint density at radius 1 is 1.20 bits per heavy atom. The Bertz CT molecular complexity index is 899. The Kier molecular flexibility index (Phi) is 4.94. The molecule has 1 N–H and O–H groups in total. The Balaban J connectivity index is 1.72. The van der Waals surface area contributed by atoms with Crippen LogP contribution < -0.4 is 15.6 Å². The van der Waals surface area contributed by atoms with E-state index in [1.165, 1.54) is 12.3 Å². The van der Waals surface area contributed by atoms with Gasteiger partial charge in [-0.3, -0.25) is 9.59 Å². The number of carbonyl (C=O) groups excluding carboxylic acids is 1. The van der Waals surface area contributed by atoms with Gasteiger partial charge in [0.25, 0.3) is 5.56 Å². The standard InChI is InChI=1S/C18H17N3O4/c1-24-14-6-4-13(5-7-14)16-8-9-18(23)21(20-16)12-17(22)19-11-15-3-2-10-25-15/h2-10H,11-12H2,1H3,(H,19,22). The molecule has 0 aliphatic carbocycles. The average molecular weight is 339 g/mol. The molecule has 3 aromatic rings. The van der Waals surface area contributed by atoms with Crippen molar-refractivity contribution in [2.45, 2.75) is 13.1 Å². The monoisotopic (exact) mass is 339 g/mol. The summed E-state index contributed by atoms with van der Waals surface area (Å²) in [5.41, 5.74) is 1.08. The SMILES string of the molecule is COc1ccc(-c2ccc(=O)n(CC(=O)NCc3ccco3)n2)cc1. The molecule has 0 atom stereocenters. The second-order valence-electron chi connectivity index (χ2n) is 5.30. The molecule has 25 heavy (non-hydrogen) atoms. The summed E-state index contributed by atoms with van der Waals surface area (Å²) in [6, 6.07) is 13.8. The van der Waals surface area contributed by atoms with Gasteiger partial charge in [0, 0.05) is 11.6 Å². The van der Waals surface area contributed by atoms with Crippen LogP contribution in [-0.4, -0.2) is 22.8 Å². The van der Waals surface area contributed by atoms with E-state index in [1.54, 1.807) is 25.3 Å². The van der Waals surface area contributed by atoms with E-state index in [0.717, 1.165) is 16.0 Å². The first-order chi connectivity index (χ1) is 12.2. The summed E-state index contributed by atoms with van der Waals surface area (Å²) >= 11 is 0. The molecule has 7 nitrogen and oxygen atoms in total. The van der Waals surface area contributed by atoms with Crippen LogP contribution in [0, 0.1) is 0 Å². The number of carbonyl (C=O) groups is 1. The zero-order valence-electron chi connectivity index (χ0n) is 13.6. The van der Waals surface area contributed by atoms with Gasteiger partial charge in [-0.2, -0.15) is 5.10 Å². The second-order valence-corrected chi connectivity index (χ2v) is 5.30. The molecule has 0 radical (unpaired) electrons. The Morgan fingerprint density at radius 3 is 2.68 bits per heavy atom. The number of amides is 1. The van der Waals surface area contributed by atoms with Crippen LogP contribution in [0.25, 0.3) is 11.3 Å². The number of nitrogens with one attached hydrogen (secondary N) is 1. The van der Waals surface area contributed by atoms with Crippen molar-refractivity contribution in [3.63, 3.8) is 0 Å². The van der Waals surface area contributed by atoms with Crippen LogP contribution in [-0.2, 0) is 17.9 Å². The second kappa shape index (κ2) is 7.48. The summed E-state index contributed by atoms with van der Waals surface area (Å²) < 4.78 is 11.4. The van der Waals surface area contributed by atoms with E-state index in [0.29, 0.717) is 11.5 Å². The third kappa shape index (κ3) is 4.14. The van der Waals surface area contributed by atoms with Crippen LogP contribution in [0.1, 0.15) is 5.76 Å². The van der Waals surface area contributed by atoms with Crippen molar-refractivity contribution >= 4 is 5.91 Å².